The first kappa shape index (κ1) is 27.7. The zero-order valence-corrected chi connectivity index (χ0v) is 26.0. The second kappa shape index (κ2) is 10.5. The average Bonchev–Trinajstić information content (AvgIpc) is 3.62. The summed E-state index contributed by atoms with van der Waals surface area (Å²) in [5, 5.41) is 9.06. The van der Waals surface area contributed by atoms with Gasteiger partial charge in [0, 0.05) is 35.7 Å². The summed E-state index contributed by atoms with van der Waals surface area (Å²) in [6.45, 7) is 6.72. The van der Waals surface area contributed by atoms with E-state index in [2.05, 4.69) is 33.0 Å². The molecule has 0 bridgehead atoms. The molecule has 0 radical (unpaired) electrons. The minimum atomic E-state index is -0.542. The summed E-state index contributed by atoms with van der Waals surface area (Å²) >= 11 is 6.84. The largest absolute Gasteiger partial charge is 0.475 e. The number of pyridine rings is 1. The van der Waals surface area contributed by atoms with E-state index in [1.807, 2.05) is 6.07 Å². The van der Waals surface area contributed by atoms with Crippen molar-refractivity contribution in [3.63, 3.8) is 0 Å². The van der Waals surface area contributed by atoms with Crippen LogP contribution < -0.4 is 14.4 Å². The second-order valence-corrected chi connectivity index (χ2v) is 13.5. The van der Waals surface area contributed by atoms with Gasteiger partial charge in [0.25, 0.3) is 0 Å². The summed E-state index contributed by atoms with van der Waals surface area (Å²) in [7, 11) is 0. The third kappa shape index (κ3) is 4.41. The highest BCUT2D eigenvalue weighted by Crippen LogP contribution is 2.51. The number of rotatable bonds is 5. The highest BCUT2D eigenvalue weighted by atomic mass is 35.5. The number of nitrogens with one attached hydrogen (secondary N) is 1. The molecule has 9 rings (SSSR count). The average molecular weight is 632 g/mol. The summed E-state index contributed by atoms with van der Waals surface area (Å²) in [5.41, 5.74) is 3.90. The first-order valence-corrected chi connectivity index (χ1v) is 16.5. The minimum Gasteiger partial charge on any atom is -0.475 e. The molecule has 4 aliphatic heterocycles. The fourth-order valence-electron chi connectivity index (χ4n) is 7.94. The van der Waals surface area contributed by atoms with Crippen molar-refractivity contribution in [2.45, 2.75) is 62.9 Å². The molecule has 0 spiro atoms. The lowest BCUT2D eigenvalue weighted by atomic mass is 9.93. The molecule has 0 unspecified atom stereocenters. The lowest BCUT2D eigenvalue weighted by Crippen LogP contribution is -2.43. The topological polar surface area (TPSA) is 102 Å². The molecule has 5 aliphatic rings. The molecule has 3 aromatic heterocycles. The first-order chi connectivity index (χ1) is 22.0. The van der Waals surface area contributed by atoms with Crippen LogP contribution >= 0.6 is 11.6 Å². The van der Waals surface area contributed by atoms with Gasteiger partial charge in [-0.1, -0.05) is 23.3 Å². The van der Waals surface area contributed by atoms with Crippen LogP contribution in [0.2, 0.25) is 5.02 Å². The van der Waals surface area contributed by atoms with Crippen LogP contribution in [0.5, 0.6) is 11.9 Å². The van der Waals surface area contributed by atoms with Crippen molar-refractivity contribution in [1.82, 2.24) is 30.0 Å². The predicted octanol–water partition coefficient (Wildman–Crippen LogP) is 5.79. The number of hydrogen-bond donors (Lipinski definition) is 1. The summed E-state index contributed by atoms with van der Waals surface area (Å²) in [6, 6.07) is 1.93. The molecular formula is C33H35ClFN7O3. The summed E-state index contributed by atoms with van der Waals surface area (Å²) < 4.78 is 36.0. The fraction of sp³-hybridized carbons (Fsp3) is 0.515. The third-order valence-electron chi connectivity index (χ3n) is 10.4. The van der Waals surface area contributed by atoms with Crippen molar-refractivity contribution in [1.29, 1.82) is 0 Å². The van der Waals surface area contributed by atoms with E-state index in [0.29, 0.717) is 60.6 Å². The van der Waals surface area contributed by atoms with Crippen LogP contribution in [-0.4, -0.2) is 87.7 Å². The molecule has 12 heteroatoms. The Bertz CT molecular complexity index is 1880. The maximum absolute atomic E-state index is 17.2. The van der Waals surface area contributed by atoms with Gasteiger partial charge in [-0.25, -0.2) is 9.37 Å². The molecule has 45 heavy (non-hydrogen) atoms. The minimum absolute atomic E-state index is 0.0870. The van der Waals surface area contributed by atoms with E-state index >= 15 is 4.39 Å². The molecule has 1 aromatic carbocycles. The molecule has 0 amide bonds. The summed E-state index contributed by atoms with van der Waals surface area (Å²) in [6.07, 6.45) is 9.88. The van der Waals surface area contributed by atoms with Gasteiger partial charge in [-0.05, 0) is 69.5 Å². The van der Waals surface area contributed by atoms with E-state index in [9.17, 15) is 0 Å². The van der Waals surface area contributed by atoms with Crippen molar-refractivity contribution >= 4 is 39.2 Å². The van der Waals surface area contributed by atoms with E-state index in [1.165, 1.54) is 5.57 Å². The predicted molar refractivity (Wildman–Crippen MR) is 169 cm³/mol. The maximum Gasteiger partial charge on any atom is 0.319 e. The standard InChI is InChI=1S/C33H35ClFN7O3/c1-2-18-12-33(7-3-8-41(33)14-18)17-45-32-38-29-26-30(39-32)42-9-4-10-43-15-20(42)16-44-31(26)37-28(27(29)35)25-21-13-36-40-23(21)11-22(34)24(25)19-5-6-19/h2,11,13,19-20H,3-10,12,14-17H2,1H3,(H,36,40)/b18-2+/t20-,33-/m0/s1. The van der Waals surface area contributed by atoms with E-state index in [0.717, 1.165) is 68.1 Å². The molecule has 7 heterocycles. The molecule has 1 N–H and O–H groups in total. The number of fused-ring (bicyclic) bond motifs is 4. The summed E-state index contributed by atoms with van der Waals surface area (Å²) in [4.78, 5) is 19.3. The van der Waals surface area contributed by atoms with E-state index in [1.54, 1.807) is 6.20 Å². The second-order valence-electron chi connectivity index (χ2n) is 13.1. The number of nitrogens with zero attached hydrogens (tertiary/aromatic N) is 6. The van der Waals surface area contributed by atoms with E-state index in [-0.39, 0.29) is 34.7 Å². The van der Waals surface area contributed by atoms with Crippen molar-refractivity contribution in [2.24, 2.45) is 0 Å². The Morgan fingerprint density at radius 1 is 1.20 bits per heavy atom. The molecule has 2 atom stereocenters. The van der Waals surface area contributed by atoms with Crippen molar-refractivity contribution < 1.29 is 18.6 Å². The number of benzene rings is 1. The zero-order valence-electron chi connectivity index (χ0n) is 25.2. The number of H-pyrrole nitrogens is 1. The first-order valence-electron chi connectivity index (χ1n) is 16.1. The van der Waals surface area contributed by atoms with Crippen LogP contribution in [0.3, 0.4) is 0 Å². The number of anilines is 1. The van der Waals surface area contributed by atoms with Gasteiger partial charge in [-0.3, -0.25) is 10.00 Å². The van der Waals surface area contributed by atoms with Crippen LogP contribution in [0.25, 0.3) is 33.1 Å². The summed E-state index contributed by atoms with van der Waals surface area (Å²) in [5.74, 6) is 0.586. The van der Waals surface area contributed by atoms with Crippen LogP contribution in [0.4, 0.5) is 10.2 Å². The van der Waals surface area contributed by atoms with Gasteiger partial charge in [0.15, 0.2) is 5.82 Å². The molecule has 4 fully saturated rings. The normalized spacial score (nSPS) is 25.8. The third-order valence-corrected chi connectivity index (χ3v) is 10.7. The van der Waals surface area contributed by atoms with Crippen molar-refractivity contribution in [3.05, 3.63) is 40.3 Å². The Balaban J connectivity index is 1.23. The Morgan fingerprint density at radius 3 is 2.98 bits per heavy atom. The van der Waals surface area contributed by atoms with Crippen LogP contribution in [0.15, 0.2) is 23.9 Å². The molecule has 1 aliphatic carbocycles. The van der Waals surface area contributed by atoms with Gasteiger partial charge in [0.1, 0.15) is 35.6 Å². The lowest BCUT2D eigenvalue weighted by Gasteiger charge is -2.31. The van der Waals surface area contributed by atoms with Gasteiger partial charge in [0.2, 0.25) is 5.88 Å². The monoisotopic (exact) mass is 631 g/mol. The number of halogens is 2. The molecule has 234 valence electrons. The van der Waals surface area contributed by atoms with Gasteiger partial charge >= 0.3 is 6.01 Å². The number of aromatic amines is 1. The van der Waals surface area contributed by atoms with Gasteiger partial charge in [0.05, 0.1) is 29.9 Å². The molecule has 4 aromatic rings. The fourth-order valence-corrected chi connectivity index (χ4v) is 8.30. The van der Waals surface area contributed by atoms with E-state index in [4.69, 9.17) is 40.8 Å². The zero-order chi connectivity index (χ0) is 30.3. The SMILES string of the molecule is C/C=C1/CN2CCC[C@@]2(COc2nc3c4c(nc(-c5c(C6CC6)c(Cl)cc6[nH]ncc56)c(F)c4n2)OC[C@@H]2COCCCN32)C1. The highest BCUT2D eigenvalue weighted by molar-refractivity contribution is 6.33. The highest BCUT2D eigenvalue weighted by Gasteiger charge is 2.47. The van der Waals surface area contributed by atoms with Crippen molar-refractivity contribution in [3.8, 4) is 23.1 Å². The molecular weight excluding hydrogens is 597 g/mol. The number of aromatic nitrogens is 5. The van der Waals surface area contributed by atoms with Crippen molar-refractivity contribution in [2.75, 3.05) is 51.0 Å². The smallest absolute Gasteiger partial charge is 0.319 e. The van der Waals surface area contributed by atoms with Crippen LogP contribution in [0, 0.1) is 5.82 Å². The number of hydrogen-bond acceptors (Lipinski definition) is 9. The van der Waals surface area contributed by atoms with Gasteiger partial charge < -0.3 is 19.1 Å². The molecule has 3 saturated heterocycles. The lowest BCUT2D eigenvalue weighted by molar-refractivity contribution is 0.108. The van der Waals surface area contributed by atoms with Gasteiger partial charge in [-0.15, -0.1) is 0 Å². The Morgan fingerprint density at radius 2 is 2.11 bits per heavy atom. The van der Waals surface area contributed by atoms with Crippen LogP contribution in [-0.2, 0) is 4.74 Å². The van der Waals surface area contributed by atoms with Gasteiger partial charge in [-0.2, -0.15) is 15.1 Å². The number of ether oxygens (including phenoxy) is 3. The molecule has 10 nitrogen and oxygen atoms in total. The maximum atomic E-state index is 17.2. The number of allylic oxidation sites excluding steroid dienone is 1. The van der Waals surface area contributed by atoms with Crippen LogP contribution in [0.1, 0.15) is 56.9 Å². The Labute approximate surface area is 264 Å². The Kier molecular flexibility index (Phi) is 6.47. The quantitative estimate of drug-likeness (QED) is 0.274. The molecule has 1 saturated carbocycles. The van der Waals surface area contributed by atoms with E-state index < -0.39 is 5.82 Å². The Hall–Kier alpha value is -3.54.